The van der Waals surface area contributed by atoms with Crippen LogP contribution in [0.5, 0.6) is 5.75 Å². The molecule has 0 saturated heterocycles. The number of rotatable bonds is 13. The van der Waals surface area contributed by atoms with Crippen LogP contribution < -0.4 is 15.0 Å². The van der Waals surface area contributed by atoms with Crippen molar-refractivity contribution in [2.75, 3.05) is 37.0 Å². The highest BCUT2D eigenvalue weighted by Crippen LogP contribution is 2.41. The first-order chi connectivity index (χ1) is 18.4. The minimum atomic E-state index is -1.35. The molecule has 0 atom stereocenters. The van der Waals surface area contributed by atoms with Crippen molar-refractivity contribution in [3.63, 3.8) is 0 Å². The van der Waals surface area contributed by atoms with Crippen molar-refractivity contribution in [3.8, 4) is 5.75 Å². The highest BCUT2D eigenvalue weighted by molar-refractivity contribution is 5.94. The number of Topliss-reactive ketones (excluding diaryl/α,β-unsaturated/α-hetero) is 1. The number of azo groups is 1. The fourth-order valence-corrected chi connectivity index (χ4v) is 3.28. The molecule has 0 aromatic heterocycles. The van der Waals surface area contributed by atoms with Crippen molar-refractivity contribution in [2.24, 2.45) is 10.2 Å². The molecule has 0 saturated carbocycles. The monoisotopic (exact) mass is 548 g/mol. The summed E-state index contributed by atoms with van der Waals surface area (Å²) in [5.41, 5.74) is -2.05. The van der Waals surface area contributed by atoms with Crippen molar-refractivity contribution in [1.82, 2.24) is 0 Å². The van der Waals surface area contributed by atoms with E-state index in [0.717, 1.165) is 0 Å². The summed E-state index contributed by atoms with van der Waals surface area (Å²) in [5, 5.41) is 32.5. The van der Waals surface area contributed by atoms with Crippen LogP contribution >= 0.6 is 0 Å². The van der Waals surface area contributed by atoms with Gasteiger partial charge in [-0.25, -0.2) is 0 Å². The molecule has 208 valence electrons. The Balaban J connectivity index is 2.51. The summed E-state index contributed by atoms with van der Waals surface area (Å²) in [6, 6.07) is 3.77. The number of methoxy groups -OCH3 is 1. The molecule has 0 aliphatic rings. The van der Waals surface area contributed by atoms with Crippen LogP contribution in [0.3, 0.4) is 0 Å². The maximum atomic E-state index is 14.1. The second kappa shape index (κ2) is 13.5. The molecule has 0 aliphatic carbocycles. The lowest BCUT2D eigenvalue weighted by Gasteiger charge is -2.26. The number of carbonyl (C=O) groups excluding carboxylic acids is 3. The molecule has 2 rings (SSSR count). The Hall–Kier alpha value is -5.02. The fraction of sp³-hybridized carbons (Fsp3) is 0.348. The Morgan fingerprint density at radius 1 is 1.03 bits per heavy atom. The molecule has 15 nitrogen and oxygen atoms in total. The summed E-state index contributed by atoms with van der Waals surface area (Å²) in [5.74, 6) is -2.52. The highest BCUT2D eigenvalue weighted by atomic mass is 19.1. The Bertz CT molecular complexity index is 1330. The quantitative estimate of drug-likeness (QED) is 0.162. The lowest BCUT2D eigenvalue weighted by molar-refractivity contribution is -0.395. The maximum absolute atomic E-state index is 14.1. The van der Waals surface area contributed by atoms with Gasteiger partial charge in [0.25, 0.3) is 0 Å². The largest absolute Gasteiger partial charge is 0.494 e. The van der Waals surface area contributed by atoms with Gasteiger partial charge in [0.15, 0.2) is 11.5 Å². The molecule has 39 heavy (non-hydrogen) atoms. The molecule has 2 aromatic carbocycles. The third kappa shape index (κ3) is 8.24. The molecule has 0 radical (unpaired) electrons. The van der Waals surface area contributed by atoms with E-state index in [2.05, 4.69) is 15.5 Å². The molecule has 0 bridgehead atoms. The van der Waals surface area contributed by atoms with Crippen molar-refractivity contribution in [2.45, 2.75) is 27.2 Å². The van der Waals surface area contributed by atoms with Crippen molar-refractivity contribution >= 4 is 51.8 Å². The van der Waals surface area contributed by atoms with Crippen molar-refractivity contribution in [3.05, 3.63) is 50.3 Å². The van der Waals surface area contributed by atoms with E-state index in [1.165, 1.54) is 33.1 Å². The Kier molecular flexibility index (Phi) is 10.5. The molecule has 0 aliphatic heterocycles. The van der Waals surface area contributed by atoms with Gasteiger partial charge >= 0.3 is 17.3 Å². The van der Waals surface area contributed by atoms with Gasteiger partial charge in [0.1, 0.15) is 18.0 Å². The van der Waals surface area contributed by atoms with Gasteiger partial charge in [-0.2, -0.15) is 4.39 Å². The molecule has 0 fully saturated rings. The summed E-state index contributed by atoms with van der Waals surface area (Å²) >= 11 is 0. The number of benzene rings is 2. The number of nitrogens with zero attached hydrogens (tertiary/aromatic N) is 5. The van der Waals surface area contributed by atoms with Crippen molar-refractivity contribution in [1.29, 1.82) is 0 Å². The SMILES string of the molecule is CCN(CCC(=O)OCC(C)=O)c1cc(NC(C)=O)c(/N=N/c2cc(F)c([N+](=O)[O-])cc2[N+](=O)[O-])cc1OC. The maximum Gasteiger partial charge on any atom is 0.311 e. The third-order valence-corrected chi connectivity index (χ3v) is 5.06. The number of halogens is 1. The first kappa shape index (κ1) is 30.2. The van der Waals surface area contributed by atoms with Crippen LogP contribution in [-0.2, 0) is 19.1 Å². The molecule has 16 heteroatoms. The molecule has 2 aromatic rings. The predicted octanol–water partition coefficient (Wildman–Crippen LogP) is 4.37. The van der Waals surface area contributed by atoms with Crippen LogP contribution in [0.15, 0.2) is 34.5 Å². The van der Waals surface area contributed by atoms with Crippen LogP contribution in [0, 0.1) is 26.0 Å². The second-order valence-corrected chi connectivity index (χ2v) is 7.92. The van der Waals surface area contributed by atoms with Gasteiger partial charge in [-0.05, 0) is 19.9 Å². The van der Waals surface area contributed by atoms with E-state index in [-0.39, 0.29) is 42.5 Å². The van der Waals surface area contributed by atoms with Gasteiger partial charge in [0.05, 0.1) is 40.8 Å². The number of nitrogens with one attached hydrogen (secondary N) is 1. The normalized spacial score (nSPS) is 10.7. The number of hydrogen-bond donors (Lipinski definition) is 1. The zero-order valence-corrected chi connectivity index (χ0v) is 21.4. The summed E-state index contributed by atoms with van der Waals surface area (Å²) in [6.45, 7) is 4.54. The van der Waals surface area contributed by atoms with Crippen LogP contribution in [0.25, 0.3) is 0 Å². The summed E-state index contributed by atoms with van der Waals surface area (Å²) in [4.78, 5) is 56.9. The zero-order chi connectivity index (χ0) is 29.3. The number of esters is 1. The van der Waals surface area contributed by atoms with Gasteiger partial charge in [0.2, 0.25) is 11.7 Å². The fourth-order valence-electron chi connectivity index (χ4n) is 3.28. The molecular weight excluding hydrogens is 523 g/mol. The summed E-state index contributed by atoms with van der Waals surface area (Å²) in [6.07, 6.45) is -0.0589. The third-order valence-electron chi connectivity index (χ3n) is 5.06. The van der Waals surface area contributed by atoms with E-state index in [1.54, 1.807) is 11.8 Å². The van der Waals surface area contributed by atoms with E-state index in [1.807, 2.05) is 0 Å². The van der Waals surface area contributed by atoms with Gasteiger partial charge in [-0.15, -0.1) is 10.2 Å². The summed E-state index contributed by atoms with van der Waals surface area (Å²) in [7, 11) is 1.35. The van der Waals surface area contributed by atoms with E-state index in [4.69, 9.17) is 9.47 Å². The number of carbonyl (C=O) groups is 3. The van der Waals surface area contributed by atoms with E-state index < -0.39 is 44.6 Å². The average Bonchev–Trinajstić information content (AvgIpc) is 2.86. The number of anilines is 2. The first-order valence-corrected chi connectivity index (χ1v) is 11.3. The molecule has 0 heterocycles. The Morgan fingerprint density at radius 2 is 1.67 bits per heavy atom. The second-order valence-electron chi connectivity index (χ2n) is 7.92. The van der Waals surface area contributed by atoms with Gasteiger partial charge in [-0.3, -0.25) is 34.6 Å². The number of ketones is 1. The lowest BCUT2D eigenvalue weighted by atomic mass is 10.2. The number of nitro groups is 2. The molecular formula is C23H25FN6O9. The van der Waals surface area contributed by atoms with E-state index >= 15 is 0 Å². The topological polar surface area (TPSA) is 196 Å². The van der Waals surface area contributed by atoms with Gasteiger partial charge in [-0.1, -0.05) is 0 Å². The lowest BCUT2D eigenvalue weighted by Crippen LogP contribution is -2.27. The molecule has 0 spiro atoms. The smallest absolute Gasteiger partial charge is 0.311 e. The minimum absolute atomic E-state index is 0.0317. The molecule has 0 unspecified atom stereocenters. The molecule has 1 amide bonds. The zero-order valence-electron chi connectivity index (χ0n) is 21.4. The van der Waals surface area contributed by atoms with E-state index in [0.29, 0.717) is 24.4 Å². The Morgan fingerprint density at radius 3 is 2.21 bits per heavy atom. The van der Waals surface area contributed by atoms with Crippen LogP contribution in [-0.4, -0.2) is 54.3 Å². The van der Waals surface area contributed by atoms with Crippen molar-refractivity contribution < 1.29 is 38.1 Å². The van der Waals surface area contributed by atoms with Crippen LogP contribution in [0.2, 0.25) is 0 Å². The predicted molar refractivity (Wildman–Crippen MR) is 135 cm³/mol. The van der Waals surface area contributed by atoms with Crippen LogP contribution in [0.4, 0.5) is 38.5 Å². The highest BCUT2D eigenvalue weighted by Gasteiger charge is 2.25. The van der Waals surface area contributed by atoms with E-state index in [9.17, 15) is 39.0 Å². The first-order valence-electron chi connectivity index (χ1n) is 11.3. The minimum Gasteiger partial charge on any atom is -0.494 e. The summed E-state index contributed by atoms with van der Waals surface area (Å²) < 4.78 is 24.4. The number of amides is 1. The average molecular weight is 548 g/mol. The molecule has 1 N–H and O–H groups in total. The number of hydrogen-bond acceptors (Lipinski definition) is 12. The van der Waals surface area contributed by atoms with Crippen LogP contribution in [0.1, 0.15) is 27.2 Å². The van der Waals surface area contributed by atoms with Gasteiger partial charge in [0, 0.05) is 32.1 Å². The standard InChI is InChI=1S/C23H25FN6O9/c1-5-28(7-6-23(33)39-12-13(2)31)21-9-16(25-14(3)32)17(10-22(21)38-4)26-27-18-8-15(24)19(29(34)35)11-20(18)30(36)37/h8-11H,5-7,12H2,1-4H3,(H,25,32)/b27-26+. The van der Waals surface area contributed by atoms with Gasteiger partial charge < -0.3 is 19.7 Å². The Labute approximate surface area is 220 Å². The number of ether oxygens (including phenoxy) is 2. The number of nitro benzene ring substituents is 2.